The predicted molar refractivity (Wildman–Crippen MR) is 118 cm³/mol. The Bertz CT molecular complexity index is 939. The van der Waals surface area contributed by atoms with Crippen LogP contribution in [0.2, 0.25) is 0 Å². The lowest BCUT2D eigenvalue weighted by molar-refractivity contribution is -0.131. The molecule has 31 heavy (non-hydrogen) atoms. The summed E-state index contributed by atoms with van der Waals surface area (Å²) in [4.78, 5) is 29.6. The highest BCUT2D eigenvalue weighted by atomic mass is 16.5. The molecule has 2 aliphatic heterocycles. The first-order valence-corrected chi connectivity index (χ1v) is 11.4. The number of furan rings is 1. The van der Waals surface area contributed by atoms with Gasteiger partial charge in [0.1, 0.15) is 17.1 Å². The van der Waals surface area contributed by atoms with Crippen molar-refractivity contribution in [3.63, 3.8) is 0 Å². The number of amides is 2. The van der Waals surface area contributed by atoms with Crippen molar-refractivity contribution in [1.29, 1.82) is 0 Å². The molecule has 6 nitrogen and oxygen atoms in total. The van der Waals surface area contributed by atoms with Gasteiger partial charge < -0.3 is 19.0 Å². The van der Waals surface area contributed by atoms with Gasteiger partial charge in [0.05, 0.1) is 11.8 Å². The molecular formula is C25H32N2O4. The van der Waals surface area contributed by atoms with E-state index in [4.69, 9.17) is 9.15 Å². The number of rotatable bonds is 5. The average Bonchev–Trinajstić information content (AvgIpc) is 3.20. The molecule has 0 radical (unpaired) electrons. The van der Waals surface area contributed by atoms with Crippen LogP contribution in [0.1, 0.15) is 67.1 Å². The van der Waals surface area contributed by atoms with E-state index >= 15 is 0 Å². The maximum Gasteiger partial charge on any atom is 0.257 e. The second-order valence-corrected chi connectivity index (χ2v) is 8.68. The Morgan fingerprint density at radius 3 is 2.48 bits per heavy atom. The monoisotopic (exact) mass is 424 g/mol. The highest BCUT2D eigenvalue weighted by molar-refractivity contribution is 5.95. The average molecular weight is 425 g/mol. The first kappa shape index (κ1) is 21.5. The summed E-state index contributed by atoms with van der Waals surface area (Å²) in [5.74, 6) is 1.89. The largest absolute Gasteiger partial charge is 0.487 e. The topological polar surface area (TPSA) is 63.0 Å². The van der Waals surface area contributed by atoms with Gasteiger partial charge in [0.2, 0.25) is 5.91 Å². The lowest BCUT2D eigenvalue weighted by atomic mass is 9.76. The Hall–Kier alpha value is -2.76. The molecule has 1 aromatic carbocycles. The van der Waals surface area contributed by atoms with Crippen molar-refractivity contribution >= 4 is 11.8 Å². The van der Waals surface area contributed by atoms with Gasteiger partial charge in [0.25, 0.3) is 5.91 Å². The van der Waals surface area contributed by atoms with Crippen molar-refractivity contribution in [2.75, 3.05) is 26.2 Å². The van der Waals surface area contributed by atoms with Crippen LogP contribution in [0, 0.1) is 6.92 Å². The molecule has 1 saturated heterocycles. The van der Waals surface area contributed by atoms with Crippen molar-refractivity contribution in [2.45, 2.75) is 58.0 Å². The number of nitrogens with zero attached hydrogens (tertiary/aromatic N) is 2. The smallest absolute Gasteiger partial charge is 0.257 e. The minimum absolute atomic E-state index is 0.0190. The van der Waals surface area contributed by atoms with Gasteiger partial charge in [-0.1, -0.05) is 18.2 Å². The van der Waals surface area contributed by atoms with E-state index in [9.17, 15) is 9.59 Å². The third-order valence-corrected chi connectivity index (χ3v) is 6.89. The SMILES string of the molecule is CCN(CC)C(=O)CC1CC2(CCN(C(=O)c3ccoc3C)CC2)Oc2ccccc21. The number of aryl methyl sites for hydroxylation is 1. The van der Waals surface area contributed by atoms with Gasteiger partial charge in [-0.15, -0.1) is 0 Å². The molecule has 4 rings (SSSR count). The van der Waals surface area contributed by atoms with E-state index in [0.717, 1.165) is 43.7 Å². The van der Waals surface area contributed by atoms with Crippen LogP contribution < -0.4 is 4.74 Å². The molecule has 166 valence electrons. The third-order valence-electron chi connectivity index (χ3n) is 6.89. The van der Waals surface area contributed by atoms with Gasteiger partial charge in [-0.2, -0.15) is 0 Å². The highest BCUT2D eigenvalue weighted by Gasteiger charge is 2.44. The van der Waals surface area contributed by atoms with Crippen LogP contribution >= 0.6 is 0 Å². The number of likely N-dealkylation sites (tertiary alicyclic amines) is 1. The molecule has 0 N–H and O–H groups in total. The summed E-state index contributed by atoms with van der Waals surface area (Å²) in [7, 11) is 0. The van der Waals surface area contributed by atoms with Crippen molar-refractivity contribution in [2.24, 2.45) is 0 Å². The number of hydrogen-bond donors (Lipinski definition) is 0. The van der Waals surface area contributed by atoms with E-state index in [0.29, 0.717) is 30.8 Å². The summed E-state index contributed by atoms with van der Waals surface area (Å²) in [6.45, 7) is 8.61. The van der Waals surface area contributed by atoms with Crippen molar-refractivity contribution in [3.05, 3.63) is 53.5 Å². The minimum atomic E-state index is -0.329. The maximum absolute atomic E-state index is 12.9. The molecule has 2 aromatic rings. The van der Waals surface area contributed by atoms with Crippen LogP contribution in [0.5, 0.6) is 5.75 Å². The molecular weight excluding hydrogens is 392 g/mol. The molecule has 0 bridgehead atoms. The number of piperidine rings is 1. The number of benzene rings is 1. The van der Waals surface area contributed by atoms with Gasteiger partial charge in [0.15, 0.2) is 0 Å². The molecule has 1 unspecified atom stereocenters. The zero-order valence-electron chi connectivity index (χ0n) is 18.7. The van der Waals surface area contributed by atoms with Gasteiger partial charge >= 0.3 is 0 Å². The first-order valence-electron chi connectivity index (χ1n) is 11.4. The summed E-state index contributed by atoms with van der Waals surface area (Å²) in [5, 5.41) is 0. The second-order valence-electron chi connectivity index (χ2n) is 8.68. The number of hydrogen-bond acceptors (Lipinski definition) is 4. The Balaban J connectivity index is 1.50. The van der Waals surface area contributed by atoms with Crippen LogP contribution in [-0.2, 0) is 4.79 Å². The number of para-hydroxylation sites is 1. The fraction of sp³-hybridized carbons (Fsp3) is 0.520. The Kier molecular flexibility index (Phi) is 6.08. The third kappa shape index (κ3) is 4.21. The van der Waals surface area contributed by atoms with Gasteiger partial charge in [-0.25, -0.2) is 0 Å². The Morgan fingerprint density at radius 2 is 1.84 bits per heavy atom. The van der Waals surface area contributed by atoms with E-state index < -0.39 is 0 Å². The van der Waals surface area contributed by atoms with Crippen LogP contribution in [-0.4, -0.2) is 53.4 Å². The Morgan fingerprint density at radius 1 is 1.13 bits per heavy atom. The molecule has 2 amide bonds. The van der Waals surface area contributed by atoms with Gasteiger partial charge in [0, 0.05) is 51.4 Å². The number of ether oxygens (including phenoxy) is 1. The first-order chi connectivity index (χ1) is 15.0. The van der Waals surface area contributed by atoms with E-state index in [1.165, 1.54) is 0 Å². The molecule has 2 aliphatic rings. The molecule has 1 spiro atoms. The quantitative estimate of drug-likeness (QED) is 0.714. The molecule has 1 fully saturated rings. The highest BCUT2D eigenvalue weighted by Crippen LogP contribution is 2.46. The number of fused-ring (bicyclic) bond motifs is 1. The van der Waals surface area contributed by atoms with Gasteiger partial charge in [-0.05, 0) is 44.9 Å². The lowest BCUT2D eigenvalue weighted by Gasteiger charge is -2.47. The van der Waals surface area contributed by atoms with E-state index in [2.05, 4.69) is 6.07 Å². The zero-order valence-corrected chi connectivity index (χ0v) is 18.7. The predicted octanol–water partition coefficient (Wildman–Crippen LogP) is 4.39. The number of carbonyl (C=O) groups is 2. The van der Waals surface area contributed by atoms with E-state index in [1.807, 2.05) is 48.8 Å². The molecule has 0 aliphatic carbocycles. The fourth-order valence-corrected chi connectivity index (χ4v) is 5.04. The minimum Gasteiger partial charge on any atom is -0.487 e. The molecule has 0 saturated carbocycles. The van der Waals surface area contributed by atoms with Crippen LogP contribution in [0.4, 0.5) is 0 Å². The van der Waals surface area contributed by atoms with Gasteiger partial charge in [-0.3, -0.25) is 9.59 Å². The summed E-state index contributed by atoms with van der Waals surface area (Å²) >= 11 is 0. The molecule has 1 aromatic heterocycles. The van der Waals surface area contributed by atoms with Crippen molar-refractivity contribution < 1.29 is 18.7 Å². The van der Waals surface area contributed by atoms with Crippen LogP contribution in [0.3, 0.4) is 0 Å². The van der Waals surface area contributed by atoms with Crippen molar-refractivity contribution in [1.82, 2.24) is 9.80 Å². The standard InChI is InChI=1S/C25H32N2O4/c1-4-26(5-2)23(28)16-19-17-25(31-22-9-7-6-8-21(19)22)11-13-27(14-12-25)24(29)20-10-15-30-18(20)3/h6-10,15,19H,4-5,11-14,16-17H2,1-3H3. The van der Waals surface area contributed by atoms with Crippen LogP contribution in [0.15, 0.2) is 41.0 Å². The lowest BCUT2D eigenvalue weighted by Crippen LogP contribution is -2.52. The normalized spacial score (nSPS) is 19.6. The zero-order chi connectivity index (χ0) is 22.0. The maximum atomic E-state index is 12.9. The molecule has 1 atom stereocenters. The Labute approximate surface area is 184 Å². The fourth-order valence-electron chi connectivity index (χ4n) is 5.04. The summed E-state index contributed by atoms with van der Waals surface area (Å²) in [6, 6.07) is 9.84. The number of carbonyl (C=O) groups excluding carboxylic acids is 2. The molecule has 3 heterocycles. The summed E-state index contributed by atoms with van der Waals surface area (Å²) in [5.41, 5.74) is 1.43. The summed E-state index contributed by atoms with van der Waals surface area (Å²) < 4.78 is 11.9. The molecule has 6 heteroatoms. The van der Waals surface area contributed by atoms with Crippen LogP contribution in [0.25, 0.3) is 0 Å². The van der Waals surface area contributed by atoms with E-state index in [-0.39, 0.29) is 23.3 Å². The van der Waals surface area contributed by atoms with E-state index in [1.54, 1.807) is 12.3 Å². The second kappa shape index (κ2) is 8.77. The van der Waals surface area contributed by atoms with Crippen molar-refractivity contribution in [3.8, 4) is 5.75 Å². The summed E-state index contributed by atoms with van der Waals surface area (Å²) in [6.07, 6.45) is 4.40.